The molecule has 2 heterocycles. The number of thioether (sulfide) groups is 1. The molecular formula is C38H28IN3O4S2. The number of rotatable bonds is 9. The van der Waals surface area contributed by atoms with Crippen molar-refractivity contribution in [1.29, 1.82) is 0 Å². The first kappa shape index (κ1) is 32.0. The number of fused-ring (bicyclic) bond motifs is 1. The molecule has 1 fully saturated rings. The van der Waals surface area contributed by atoms with E-state index in [4.69, 9.17) is 4.74 Å². The number of halogens is 1. The molecule has 1 aliphatic heterocycles. The third-order valence-corrected chi connectivity index (χ3v) is 11.1. The number of aromatic nitrogens is 2. The number of hydrogen-bond acceptors (Lipinski definition) is 8. The summed E-state index contributed by atoms with van der Waals surface area (Å²) in [6.45, 7) is 2.44. The van der Waals surface area contributed by atoms with Crippen LogP contribution in [0, 0.1) is 10.5 Å². The molecular weight excluding hydrogens is 753 g/mol. The summed E-state index contributed by atoms with van der Waals surface area (Å²) >= 11 is 4.98. The van der Waals surface area contributed by atoms with Gasteiger partial charge in [-0.05, 0) is 98.9 Å². The van der Waals surface area contributed by atoms with Gasteiger partial charge in [0.25, 0.3) is 5.78 Å². The van der Waals surface area contributed by atoms with Crippen molar-refractivity contribution in [2.45, 2.75) is 29.7 Å². The zero-order chi connectivity index (χ0) is 33.2. The molecule has 1 aliphatic rings. The van der Waals surface area contributed by atoms with Crippen LogP contribution < -0.4 is 9.64 Å². The van der Waals surface area contributed by atoms with E-state index < -0.39 is 17.7 Å². The molecule has 0 spiro atoms. The molecule has 7 nitrogen and oxygen atoms in total. The lowest BCUT2D eigenvalue weighted by molar-refractivity contribution is -0.132. The fourth-order valence-corrected chi connectivity index (χ4v) is 7.94. The van der Waals surface area contributed by atoms with Crippen LogP contribution in [0.2, 0.25) is 0 Å². The average Bonchev–Trinajstić information content (AvgIpc) is 3.68. The molecule has 1 unspecified atom stereocenters. The molecule has 5 aromatic carbocycles. The van der Waals surface area contributed by atoms with Gasteiger partial charge >= 0.3 is 5.91 Å². The summed E-state index contributed by atoms with van der Waals surface area (Å²) in [6, 6.07) is 36.0. The number of carbonyl (C=O) groups excluding carboxylic acids is 2. The maximum absolute atomic E-state index is 13.7. The summed E-state index contributed by atoms with van der Waals surface area (Å²) < 4.78 is 7.64. The van der Waals surface area contributed by atoms with Gasteiger partial charge in [0.1, 0.15) is 18.1 Å². The molecule has 1 atom stereocenters. The number of ketones is 1. The van der Waals surface area contributed by atoms with Crippen LogP contribution in [0.25, 0.3) is 16.5 Å². The summed E-state index contributed by atoms with van der Waals surface area (Å²) in [7, 11) is 0. The van der Waals surface area contributed by atoms with Gasteiger partial charge in [-0.25, -0.2) is 0 Å². The van der Waals surface area contributed by atoms with Crippen molar-refractivity contribution in [1.82, 2.24) is 10.2 Å². The van der Waals surface area contributed by atoms with Crippen LogP contribution in [0.4, 0.5) is 5.13 Å². The number of amides is 1. The number of carbonyl (C=O) groups is 2. The van der Waals surface area contributed by atoms with Crippen molar-refractivity contribution in [3.63, 3.8) is 0 Å². The SMILES string of the molecule is Cc1ccccc1COc1ccc(C(O)=C2C(=O)C(=O)N(c3nnc(SCc4cccc5ccccc45)s3)C2c2ccc(I)cc2)cc1. The van der Waals surface area contributed by atoms with Crippen LogP contribution >= 0.6 is 45.7 Å². The maximum Gasteiger partial charge on any atom is 0.301 e. The third-order valence-electron chi connectivity index (χ3n) is 8.25. The summed E-state index contributed by atoms with van der Waals surface area (Å²) in [4.78, 5) is 28.7. The number of aryl methyl sites for hydroxylation is 1. The molecule has 0 saturated carbocycles. The standard InChI is InChI=1S/C38H28IN3O4S2/c1-23-7-2-3-9-27(23)21-46-30-19-15-26(16-20-30)34(43)32-33(25-13-17-29(39)18-14-25)42(36(45)35(32)44)37-40-41-38(48-37)47-22-28-11-6-10-24-8-4-5-12-31(24)28/h2-20,33,43H,21-22H2,1H3. The Kier molecular flexibility index (Phi) is 9.29. The molecule has 0 radical (unpaired) electrons. The highest BCUT2D eigenvalue weighted by Crippen LogP contribution is 2.44. The average molecular weight is 782 g/mol. The summed E-state index contributed by atoms with van der Waals surface area (Å²) in [5.74, 6) is -0.525. The summed E-state index contributed by atoms with van der Waals surface area (Å²) in [6.07, 6.45) is 0. The number of Topliss-reactive ketones (excluding diaryl/α,β-unsaturated/α-hetero) is 1. The van der Waals surface area contributed by atoms with Gasteiger partial charge in [-0.15, -0.1) is 10.2 Å². The molecule has 1 amide bonds. The molecule has 238 valence electrons. The molecule has 1 N–H and O–H groups in total. The van der Waals surface area contributed by atoms with E-state index in [9.17, 15) is 14.7 Å². The highest BCUT2D eigenvalue weighted by atomic mass is 127. The Balaban J connectivity index is 1.18. The van der Waals surface area contributed by atoms with Crippen LogP contribution in [0.5, 0.6) is 5.75 Å². The van der Waals surface area contributed by atoms with Gasteiger partial charge in [-0.3, -0.25) is 14.5 Å². The molecule has 0 aliphatic carbocycles. The molecule has 0 bridgehead atoms. The number of anilines is 1. The number of hydrogen-bond donors (Lipinski definition) is 1. The molecule has 1 saturated heterocycles. The van der Waals surface area contributed by atoms with Crippen molar-refractivity contribution in [3.8, 4) is 5.75 Å². The van der Waals surface area contributed by atoms with Crippen LogP contribution in [0.1, 0.15) is 33.9 Å². The Bertz CT molecular complexity index is 2180. The van der Waals surface area contributed by atoms with E-state index in [0.29, 0.717) is 38.7 Å². The van der Waals surface area contributed by atoms with Crippen LogP contribution in [0.3, 0.4) is 0 Å². The van der Waals surface area contributed by atoms with E-state index in [2.05, 4.69) is 57.1 Å². The Morgan fingerprint density at radius 3 is 2.38 bits per heavy atom. The predicted octanol–water partition coefficient (Wildman–Crippen LogP) is 9.10. The van der Waals surface area contributed by atoms with Gasteiger partial charge < -0.3 is 9.84 Å². The smallest absolute Gasteiger partial charge is 0.301 e. The fourth-order valence-electron chi connectivity index (χ4n) is 5.70. The second kappa shape index (κ2) is 13.9. The van der Waals surface area contributed by atoms with Gasteiger partial charge in [-0.1, -0.05) is 102 Å². The topological polar surface area (TPSA) is 92.6 Å². The van der Waals surface area contributed by atoms with E-state index in [-0.39, 0.29) is 11.3 Å². The number of nitrogens with zero attached hydrogens (tertiary/aromatic N) is 3. The van der Waals surface area contributed by atoms with Gasteiger partial charge in [0.2, 0.25) is 5.13 Å². The summed E-state index contributed by atoms with van der Waals surface area (Å²) in [5.41, 5.74) is 4.45. The first-order chi connectivity index (χ1) is 23.4. The van der Waals surface area contributed by atoms with Gasteiger partial charge in [0.05, 0.1) is 11.6 Å². The van der Waals surface area contributed by atoms with Crippen LogP contribution in [-0.2, 0) is 21.9 Å². The van der Waals surface area contributed by atoms with Crippen molar-refractivity contribution < 1.29 is 19.4 Å². The van der Waals surface area contributed by atoms with E-state index in [1.807, 2.05) is 73.7 Å². The van der Waals surface area contributed by atoms with E-state index in [1.165, 1.54) is 44.3 Å². The lowest BCUT2D eigenvalue weighted by Crippen LogP contribution is -2.29. The highest BCUT2D eigenvalue weighted by Gasteiger charge is 2.48. The third kappa shape index (κ3) is 6.47. The van der Waals surface area contributed by atoms with Crippen LogP contribution in [0.15, 0.2) is 125 Å². The van der Waals surface area contributed by atoms with Crippen molar-refractivity contribution in [2.24, 2.45) is 0 Å². The first-order valence-electron chi connectivity index (χ1n) is 15.1. The zero-order valence-electron chi connectivity index (χ0n) is 25.7. The number of benzene rings is 5. The molecule has 6 aromatic rings. The lowest BCUT2D eigenvalue weighted by atomic mass is 9.95. The second-order valence-electron chi connectivity index (χ2n) is 11.2. The normalized spacial score (nSPS) is 15.7. The van der Waals surface area contributed by atoms with E-state index in [1.54, 1.807) is 24.3 Å². The predicted molar refractivity (Wildman–Crippen MR) is 199 cm³/mol. The fraction of sp³-hybridized carbons (Fsp3) is 0.105. The zero-order valence-corrected chi connectivity index (χ0v) is 29.5. The minimum absolute atomic E-state index is 0.00468. The Hall–Kier alpha value is -4.52. The highest BCUT2D eigenvalue weighted by molar-refractivity contribution is 14.1. The first-order valence-corrected chi connectivity index (χ1v) is 18.0. The monoisotopic (exact) mass is 781 g/mol. The van der Waals surface area contributed by atoms with Crippen LogP contribution in [-0.4, -0.2) is 27.0 Å². The number of aliphatic hydroxyl groups is 1. The minimum Gasteiger partial charge on any atom is -0.507 e. The van der Waals surface area contributed by atoms with Crippen molar-refractivity contribution in [3.05, 3.63) is 152 Å². The molecule has 1 aromatic heterocycles. The van der Waals surface area contributed by atoms with E-state index in [0.717, 1.165) is 14.7 Å². The molecule has 48 heavy (non-hydrogen) atoms. The van der Waals surface area contributed by atoms with E-state index >= 15 is 0 Å². The maximum atomic E-state index is 13.7. The number of ether oxygens (including phenoxy) is 1. The summed E-state index contributed by atoms with van der Waals surface area (Å²) in [5, 5.41) is 23.0. The van der Waals surface area contributed by atoms with Gasteiger partial charge in [-0.2, -0.15) is 0 Å². The Morgan fingerprint density at radius 1 is 0.875 bits per heavy atom. The Morgan fingerprint density at radius 2 is 1.58 bits per heavy atom. The van der Waals surface area contributed by atoms with Crippen molar-refractivity contribution in [2.75, 3.05) is 4.90 Å². The molecule has 10 heteroatoms. The van der Waals surface area contributed by atoms with Crippen molar-refractivity contribution >= 4 is 79.0 Å². The quantitative estimate of drug-likeness (QED) is 0.0391. The molecule has 7 rings (SSSR count). The van der Waals surface area contributed by atoms with Gasteiger partial charge in [0.15, 0.2) is 4.34 Å². The Labute approximate surface area is 299 Å². The minimum atomic E-state index is -0.886. The lowest BCUT2D eigenvalue weighted by Gasteiger charge is -2.22. The largest absolute Gasteiger partial charge is 0.507 e. The number of aliphatic hydroxyl groups excluding tert-OH is 1. The van der Waals surface area contributed by atoms with Gasteiger partial charge in [0, 0.05) is 14.9 Å². The second-order valence-corrected chi connectivity index (χ2v) is 14.7.